The average Bonchev–Trinajstić information content (AvgIpc) is 2.68. The van der Waals surface area contributed by atoms with Crippen molar-refractivity contribution < 1.29 is 9.53 Å². The highest BCUT2D eigenvalue weighted by Gasteiger charge is 2.25. The van der Waals surface area contributed by atoms with E-state index in [9.17, 15) is 4.79 Å². The van der Waals surface area contributed by atoms with Gasteiger partial charge in [0.1, 0.15) is 0 Å². The molecule has 0 aliphatic carbocycles. The molecule has 1 aromatic rings. The molecule has 0 aromatic heterocycles. The van der Waals surface area contributed by atoms with Gasteiger partial charge in [0, 0.05) is 44.5 Å². The Morgan fingerprint density at radius 3 is 2.46 bits per heavy atom. The van der Waals surface area contributed by atoms with Crippen LogP contribution < -0.4 is 4.90 Å². The highest BCUT2D eigenvalue weighted by molar-refractivity contribution is 5.94. The SMILES string of the molecule is CC(C)CC(=O)N1CCCCCCCN(C2CCOCC2)Cc2ccccc21. The molecular formula is C24H38N2O2. The zero-order valence-corrected chi connectivity index (χ0v) is 17.9. The summed E-state index contributed by atoms with van der Waals surface area (Å²) in [6.07, 6.45) is 9.02. The smallest absolute Gasteiger partial charge is 0.227 e. The summed E-state index contributed by atoms with van der Waals surface area (Å²) in [5, 5.41) is 0. The lowest BCUT2D eigenvalue weighted by atomic mass is 10.0. The zero-order valence-electron chi connectivity index (χ0n) is 17.9. The summed E-state index contributed by atoms with van der Waals surface area (Å²) in [7, 11) is 0. The molecule has 1 saturated heterocycles. The van der Waals surface area contributed by atoms with E-state index in [-0.39, 0.29) is 5.91 Å². The number of rotatable bonds is 3. The predicted octanol–water partition coefficient (Wildman–Crippen LogP) is 5.01. The molecule has 1 fully saturated rings. The number of para-hydroxylation sites is 1. The van der Waals surface area contributed by atoms with E-state index in [0.29, 0.717) is 18.4 Å². The van der Waals surface area contributed by atoms with Gasteiger partial charge < -0.3 is 9.64 Å². The van der Waals surface area contributed by atoms with Gasteiger partial charge in [0.15, 0.2) is 0 Å². The van der Waals surface area contributed by atoms with Crippen LogP contribution in [-0.4, -0.2) is 43.2 Å². The average molecular weight is 387 g/mol. The lowest BCUT2D eigenvalue weighted by Gasteiger charge is -2.36. The number of nitrogens with zero attached hydrogens (tertiary/aromatic N) is 2. The van der Waals surface area contributed by atoms with Crippen LogP contribution in [0.5, 0.6) is 0 Å². The van der Waals surface area contributed by atoms with Crippen molar-refractivity contribution in [1.29, 1.82) is 0 Å². The van der Waals surface area contributed by atoms with Crippen LogP contribution in [0.2, 0.25) is 0 Å². The van der Waals surface area contributed by atoms with Crippen molar-refractivity contribution in [3.05, 3.63) is 29.8 Å². The molecule has 0 unspecified atom stereocenters. The number of carbonyl (C=O) groups is 1. The second-order valence-corrected chi connectivity index (χ2v) is 8.85. The Kier molecular flexibility index (Phi) is 8.35. The molecule has 156 valence electrons. The molecule has 2 aliphatic rings. The number of benzene rings is 1. The Morgan fingerprint density at radius 2 is 1.71 bits per heavy atom. The minimum absolute atomic E-state index is 0.275. The van der Waals surface area contributed by atoms with Crippen LogP contribution in [0.15, 0.2) is 24.3 Å². The Hall–Kier alpha value is -1.39. The normalized spacial score (nSPS) is 21.0. The van der Waals surface area contributed by atoms with Crippen LogP contribution in [-0.2, 0) is 16.1 Å². The monoisotopic (exact) mass is 386 g/mol. The van der Waals surface area contributed by atoms with Crippen molar-refractivity contribution in [2.24, 2.45) is 5.92 Å². The van der Waals surface area contributed by atoms with Gasteiger partial charge in [-0.15, -0.1) is 0 Å². The first kappa shape index (κ1) is 21.3. The summed E-state index contributed by atoms with van der Waals surface area (Å²) >= 11 is 0. The number of hydrogen-bond acceptors (Lipinski definition) is 3. The summed E-state index contributed by atoms with van der Waals surface area (Å²) < 4.78 is 5.60. The van der Waals surface area contributed by atoms with Crippen molar-refractivity contribution in [2.75, 3.05) is 31.2 Å². The lowest BCUT2D eigenvalue weighted by molar-refractivity contribution is -0.119. The third-order valence-corrected chi connectivity index (χ3v) is 6.07. The molecule has 1 amide bonds. The van der Waals surface area contributed by atoms with Gasteiger partial charge in [0.25, 0.3) is 0 Å². The van der Waals surface area contributed by atoms with E-state index in [0.717, 1.165) is 57.8 Å². The van der Waals surface area contributed by atoms with Gasteiger partial charge >= 0.3 is 0 Å². The van der Waals surface area contributed by atoms with Crippen LogP contribution in [0.25, 0.3) is 0 Å². The van der Waals surface area contributed by atoms with Crippen LogP contribution in [0.4, 0.5) is 5.69 Å². The Labute approximate surface area is 171 Å². The molecule has 0 atom stereocenters. The minimum atomic E-state index is 0.275. The molecule has 2 heterocycles. The number of anilines is 1. The number of amides is 1. The Bertz CT molecular complexity index is 610. The van der Waals surface area contributed by atoms with Gasteiger partial charge in [-0.2, -0.15) is 0 Å². The topological polar surface area (TPSA) is 32.8 Å². The summed E-state index contributed by atoms with van der Waals surface area (Å²) in [5.41, 5.74) is 2.43. The number of ether oxygens (including phenoxy) is 1. The molecule has 3 rings (SSSR count). The van der Waals surface area contributed by atoms with E-state index in [1.165, 1.54) is 31.2 Å². The molecule has 0 bridgehead atoms. The van der Waals surface area contributed by atoms with Crippen molar-refractivity contribution in [3.8, 4) is 0 Å². The maximum atomic E-state index is 13.1. The van der Waals surface area contributed by atoms with Gasteiger partial charge in [-0.1, -0.05) is 51.3 Å². The number of fused-ring (bicyclic) bond motifs is 1. The van der Waals surface area contributed by atoms with E-state index in [2.05, 4.69) is 47.9 Å². The van der Waals surface area contributed by atoms with Gasteiger partial charge in [0.2, 0.25) is 5.91 Å². The van der Waals surface area contributed by atoms with Crippen molar-refractivity contribution in [1.82, 2.24) is 4.90 Å². The number of hydrogen-bond donors (Lipinski definition) is 0. The third kappa shape index (κ3) is 6.05. The molecule has 0 N–H and O–H groups in total. The summed E-state index contributed by atoms with van der Waals surface area (Å²) in [6, 6.07) is 9.19. The van der Waals surface area contributed by atoms with Gasteiger partial charge in [0.05, 0.1) is 0 Å². The first-order chi connectivity index (χ1) is 13.6. The van der Waals surface area contributed by atoms with Crippen molar-refractivity contribution >= 4 is 11.6 Å². The van der Waals surface area contributed by atoms with Crippen molar-refractivity contribution in [2.45, 2.75) is 77.8 Å². The molecule has 28 heavy (non-hydrogen) atoms. The van der Waals surface area contributed by atoms with Crippen LogP contribution in [0.3, 0.4) is 0 Å². The largest absolute Gasteiger partial charge is 0.381 e. The van der Waals surface area contributed by atoms with E-state index < -0.39 is 0 Å². The molecule has 4 heteroatoms. The molecule has 0 radical (unpaired) electrons. The Morgan fingerprint density at radius 1 is 1.04 bits per heavy atom. The minimum Gasteiger partial charge on any atom is -0.381 e. The zero-order chi connectivity index (χ0) is 19.8. The molecular weight excluding hydrogens is 348 g/mol. The number of carbonyl (C=O) groups excluding carboxylic acids is 1. The first-order valence-corrected chi connectivity index (χ1v) is 11.3. The highest BCUT2D eigenvalue weighted by Crippen LogP contribution is 2.27. The van der Waals surface area contributed by atoms with Gasteiger partial charge in [-0.25, -0.2) is 0 Å². The fraction of sp³-hybridized carbons (Fsp3) is 0.708. The van der Waals surface area contributed by atoms with E-state index in [4.69, 9.17) is 4.74 Å². The van der Waals surface area contributed by atoms with Crippen LogP contribution in [0.1, 0.15) is 70.8 Å². The van der Waals surface area contributed by atoms with E-state index in [1.54, 1.807) is 0 Å². The first-order valence-electron chi connectivity index (χ1n) is 11.3. The van der Waals surface area contributed by atoms with Gasteiger partial charge in [-0.3, -0.25) is 9.69 Å². The standard InChI is InChI=1S/C24H38N2O2/c1-20(2)18-24(27)26-15-9-5-3-4-8-14-25(22-12-16-28-17-13-22)19-21-10-6-7-11-23(21)26/h6-7,10-11,20,22H,3-5,8-9,12-19H2,1-2H3. The summed E-state index contributed by atoms with van der Waals surface area (Å²) in [5.74, 6) is 0.664. The predicted molar refractivity (Wildman–Crippen MR) is 116 cm³/mol. The Balaban J connectivity index is 1.86. The fourth-order valence-corrected chi connectivity index (χ4v) is 4.52. The van der Waals surface area contributed by atoms with E-state index >= 15 is 0 Å². The van der Waals surface area contributed by atoms with Gasteiger partial charge in [-0.05, 0) is 49.8 Å². The maximum absolute atomic E-state index is 13.1. The van der Waals surface area contributed by atoms with Crippen LogP contribution in [0, 0.1) is 5.92 Å². The molecule has 0 spiro atoms. The molecule has 0 saturated carbocycles. The summed E-state index contributed by atoms with van der Waals surface area (Å²) in [4.78, 5) is 17.8. The highest BCUT2D eigenvalue weighted by atomic mass is 16.5. The third-order valence-electron chi connectivity index (χ3n) is 6.07. The second kappa shape index (κ2) is 11.0. The second-order valence-electron chi connectivity index (χ2n) is 8.85. The quantitative estimate of drug-likeness (QED) is 0.732. The molecule has 2 aliphatic heterocycles. The van der Waals surface area contributed by atoms with Crippen LogP contribution >= 0.6 is 0 Å². The lowest BCUT2D eigenvalue weighted by Crippen LogP contribution is -2.40. The molecule has 1 aromatic carbocycles. The van der Waals surface area contributed by atoms with E-state index in [1.807, 2.05) is 0 Å². The van der Waals surface area contributed by atoms with Crippen molar-refractivity contribution in [3.63, 3.8) is 0 Å². The summed E-state index contributed by atoms with van der Waals surface area (Å²) in [6.45, 7) is 8.95. The maximum Gasteiger partial charge on any atom is 0.227 e. The fourth-order valence-electron chi connectivity index (χ4n) is 4.52. The molecule has 4 nitrogen and oxygen atoms in total.